The number of aromatic carboxylic acids is 1. The predicted molar refractivity (Wildman–Crippen MR) is 76.8 cm³/mol. The average molecular weight is 294 g/mol. The molecule has 1 aliphatic rings. The molecular weight excluding hydrogens is 275 g/mol. The molecule has 1 aromatic rings. The Bertz CT molecular complexity index is 554. The smallest absolute Gasteiger partial charge is 0.335 e. The first kappa shape index (κ1) is 15.4. The molecule has 1 amide bonds. The van der Waals surface area contributed by atoms with Crippen LogP contribution in [0, 0.1) is 11.2 Å². The molecule has 1 saturated heterocycles. The molecule has 1 unspecified atom stereocenters. The summed E-state index contributed by atoms with van der Waals surface area (Å²) in [6.45, 7) is 3.40. The van der Waals surface area contributed by atoms with Crippen LogP contribution >= 0.6 is 0 Å². The fraction of sp³-hybridized carbons (Fsp3) is 0.467. The molecule has 0 spiro atoms. The molecule has 3 N–H and O–H groups in total. The van der Waals surface area contributed by atoms with Crippen molar-refractivity contribution in [2.24, 2.45) is 5.41 Å². The summed E-state index contributed by atoms with van der Waals surface area (Å²) in [6.07, 6.45) is 2.33. The van der Waals surface area contributed by atoms with E-state index in [-0.39, 0.29) is 17.2 Å². The molecule has 2 rings (SSSR count). The summed E-state index contributed by atoms with van der Waals surface area (Å²) in [5.74, 6) is -2.16. The standard InChI is InChI=1S/C15H19FN2O3/c1-2-15(6-3-7-17-9-15)14(21)18-12-5-4-10(13(19)20)8-11(12)16/h4-5,8,17H,2-3,6-7,9H2,1H3,(H,18,21)(H,19,20). The highest BCUT2D eigenvalue weighted by Crippen LogP contribution is 2.32. The molecule has 1 fully saturated rings. The van der Waals surface area contributed by atoms with Gasteiger partial charge < -0.3 is 15.7 Å². The molecule has 0 aliphatic carbocycles. The number of piperidine rings is 1. The number of hydrogen-bond acceptors (Lipinski definition) is 3. The maximum absolute atomic E-state index is 13.9. The van der Waals surface area contributed by atoms with Gasteiger partial charge in [0.1, 0.15) is 5.82 Å². The second kappa shape index (κ2) is 6.22. The van der Waals surface area contributed by atoms with E-state index < -0.39 is 17.2 Å². The third kappa shape index (κ3) is 3.21. The summed E-state index contributed by atoms with van der Waals surface area (Å²) in [5, 5.41) is 14.6. The van der Waals surface area contributed by atoms with E-state index in [9.17, 15) is 14.0 Å². The summed E-state index contributed by atoms with van der Waals surface area (Å²) >= 11 is 0. The monoisotopic (exact) mass is 294 g/mol. The van der Waals surface area contributed by atoms with Crippen molar-refractivity contribution in [1.29, 1.82) is 0 Å². The Labute approximate surface area is 122 Å². The fourth-order valence-electron chi connectivity index (χ4n) is 2.63. The number of carboxylic acids is 1. The minimum atomic E-state index is -1.20. The number of halogens is 1. The number of carbonyl (C=O) groups is 2. The lowest BCUT2D eigenvalue weighted by molar-refractivity contribution is -0.126. The van der Waals surface area contributed by atoms with Gasteiger partial charge in [-0.3, -0.25) is 4.79 Å². The van der Waals surface area contributed by atoms with Gasteiger partial charge in [-0.05, 0) is 44.0 Å². The number of carbonyl (C=O) groups excluding carboxylic acids is 1. The van der Waals surface area contributed by atoms with Gasteiger partial charge in [-0.25, -0.2) is 9.18 Å². The van der Waals surface area contributed by atoms with Gasteiger partial charge in [0.25, 0.3) is 0 Å². The van der Waals surface area contributed by atoms with Crippen LogP contribution in [0.1, 0.15) is 36.5 Å². The van der Waals surface area contributed by atoms with Gasteiger partial charge in [-0.15, -0.1) is 0 Å². The predicted octanol–water partition coefficient (Wildman–Crippen LogP) is 2.24. The Kier molecular flexibility index (Phi) is 4.57. The van der Waals surface area contributed by atoms with Gasteiger partial charge in [0.15, 0.2) is 0 Å². The molecule has 1 aromatic carbocycles. The zero-order valence-electron chi connectivity index (χ0n) is 11.9. The molecule has 0 radical (unpaired) electrons. The SMILES string of the molecule is CCC1(C(=O)Nc2ccc(C(=O)O)cc2F)CCCNC1. The lowest BCUT2D eigenvalue weighted by atomic mass is 9.77. The van der Waals surface area contributed by atoms with Crippen molar-refractivity contribution >= 4 is 17.6 Å². The highest BCUT2D eigenvalue weighted by Gasteiger charge is 2.38. The Morgan fingerprint density at radius 2 is 2.24 bits per heavy atom. The van der Waals surface area contributed by atoms with Gasteiger partial charge in [0, 0.05) is 6.54 Å². The molecule has 6 heteroatoms. The Morgan fingerprint density at radius 3 is 2.76 bits per heavy atom. The van der Waals surface area contributed by atoms with E-state index in [0.29, 0.717) is 13.0 Å². The molecule has 5 nitrogen and oxygen atoms in total. The number of amides is 1. The van der Waals surface area contributed by atoms with E-state index >= 15 is 0 Å². The summed E-state index contributed by atoms with van der Waals surface area (Å²) in [7, 11) is 0. The van der Waals surface area contributed by atoms with E-state index in [1.807, 2.05) is 6.92 Å². The van der Waals surface area contributed by atoms with Gasteiger partial charge in [-0.1, -0.05) is 6.92 Å². The van der Waals surface area contributed by atoms with Crippen LogP contribution in [0.2, 0.25) is 0 Å². The maximum atomic E-state index is 13.9. The van der Waals surface area contributed by atoms with Gasteiger partial charge in [0.2, 0.25) is 5.91 Å². The summed E-state index contributed by atoms with van der Waals surface area (Å²) in [5.41, 5.74) is -0.658. The second-order valence-electron chi connectivity index (χ2n) is 5.37. The number of carboxylic acid groups (broad SMARTS) is 1. The molecule has 1 atom stereocenters. The van der Waals surface area contributed by atoms with Crippen LogP contribution in [-0.4, -0.2) is 30.1 Å². The first-order valence-electron chi connectivity index (χ1n) is 7.03. The largest absolute Gasteiger partial charge is 0.478 e. The molecule has 1 aliphatic heterocycles. The van der Waals surface area contributed by atoms with Gasteiger partial charge in [0.05, 0.1) is 16.7 Å². The van der Waals surface area contributed by atoms with Crippen molar-refractivity contribution in [2.45, 2.75) is 26.2 Å². The molecule has 1 heterocycles. The van der Waals surface area contributed by atoms with Crippen LogP contribution in [0.15, 0.2) is 18.2 Å². The van der Waals surface area contributed by atoms with Gasteiger partial charge >= 0.3 is 5.97 Å². The van der Waals surface area contributed by atoms with E-state index in [0.717, 1.165) is 25.5 Å². The van der Waals surface area contributed by atoms with E-state index in [2.05, 4.69) is 10.6 Å². The molecule has 21 heavy (non-hydrogen) atoms. The van der Waals surface area contributed by atoms with Crippen LogP contribution in [0.3, 0.4) is 0 Å². The lowest BCUT2D eigenvalue weighted by Gasteiger charge is -2.35. The van der Waals surface area contributed by atoms with Crippen LogP contribution in [-0.2, 0) is 4.79 Å². The normalized spacial score (nSPS) is 21.8. The topological polar surface area (TPSA) is 78.4 Å². The molecule has 0 aromatic heterocycles. The zero-order chi connectivity index (χ0) is 15.5. The second-order valence-corrected chi connectivity index (χ2v) is 5.37. The average Bonchev–Trinajstić information content (AvgIpc) is 2.49. The third-order valence-corrected chi connectivity index (χ3v) is 4.09. The summed E-state index contributed by atoms with van der Waals surface area (Å²) in [6, 6.07) is 3.48. The minimum Gasteiger partial charge on any atom is -0.478 e. The molecule has 0 bridgehead atoms. The van der Waals surface area contributed by atoms with E-state index in [1.165, 1.54) is 12.1 Å². The summed E-state index contributed by atoms with van der Waals surface area (Å²) < 4.78 is 13.9. The van der Waals surface area contributed by atoms with Crippen LogP contribution in [0.5, 0.6) is 0 Å². The number of hydrogen-bond donors (Lipinski definition) is 3. The Hall–Kier alpha value is -1.95. The quantitative estimate of drug-likeness (QED) is 0.796. The first-order valence-corrected chi connectivity index (χ1v) is 7.03. The van der Waals surface area contributed by atoms with Crippen molar-refractivity contribution in [2.75, 3.05) is 18.4 Å². The summed E-state index contributed by atoms with van der Waals surface area (Å²) in [4.78, 5) is 23.2. The molecule has 114 valence electrons. The third-order valence-electron chi connectivity index (χ3n) is 4.09. The van der Waals surface area contributed by atoms with Crippen molar-refractivity contribution in [3.8, 4) is 0 Å². The first-order chi connectivity index (χ1) is 9.98. The van der Waals surface area contributed by atoms with Crippen molar-refractivity contribution in [3.63, 3.8) is 0 Å². The zero-order valence-corrected chi connectivity index (χ0v) is 11.9. The maximum Gasteiger partial charge on any atom is 0.335 e. The fourth-order valence-corrected chi connectivity index (χ4v) is 2.63. The van der Waals surface area contributed by atoms with Crippen molar-refractivity contribution < 1.29 is 19.1 Å². The lowest BCUT2D eigenvalue weighted by Crippen LogP contribution is -2.47. The van der Waals surface area contributed by atoms with E-state index in [1.54, 1.807) is 0 Å². The number of benzene rings is 1. The van der Waals surface area contributed by atoms with Crippen molar-refractivity contribution in [1.82, 2.24) is 5.32 Å². The molecule has 0 saturated carbocycles. The number of rotatable bonds is 4. The Morgan fingerprint density at radius 1 is 1.48 bits per heavy atom. The number of nitrogens with one attached hydrogen (secondary N) is 2. The van der Waals surface area contributed by atoms with Crippen LogP contribution in [0.25, 0.3) is 0 Å². The van der Waals surface area contributed by atoms with Crippen LogP contribution in [0.4, 0.5) is 10.1 Å². The highest BCUT2D eigenvalue weighted by atomic mass is 19.1. The van der Waals surface area contributed by atoms with Gasteiger partial charge in [-0.2, -0.15) is 0 Å². The number of anilines is 1. The van der Waals surface area contributed by atoms with E-state index in [4.69, 9.17) is 5.11 Å². The Balaban J connectivity index is 2.17. The van der Waals surface area contributed by atoms with Crippen molar-refractivity contribution in [3.05, 3.63) is 29.6 Å². The van der Waals surface area contributed by atoms with Crippen LogP contribution < -0.4 is 10.6 Å². The highest BCUT2D eigenvalue weighted by molar-refractivity contribution is 5.96. The minimum absolute atomic E-state index is 0.0170. The molecular formula is C15H19FN2O3.